The topological polar surface area (TPSA) is 71.3 Å². The van der Waals surface area contributed by atoms with Gasteiger partial charge in [0.05, 0.1) is 15.9 Å². The number of amides is 1. The molecule has 1 N–H and O–H groups in total. The van der Waals surface area contributed by atoms with E-state index in [9.17, 15) is 18.8 Å². The largest absolute Gasteiger partial charge is 0.490 e. The highest BCUT2D eigenvalue weighted by Crippen LogP contribution is 2.35. The fourth-order valence-corrected chi connectivity index (χ4v) is 3.69. The van der Waals surface area contributed by atoms with Gasteiger partial charge >= 0.3 is 0 Å². The first-order chi connectivity index (χ1) is 15.9. The molecule has 3 aromatic carbocycles. The molecule has 0 aromatic heterocycles. The van der Waals surface area contributed by atoms with E-state index in [0.29, 0.717) is 32.8 Å². The van der Waals surface area contributed by atoms with Crippen molar-refractivity contribution in [2.45, 2.75) is 13.5 Å². The highest BCUT2D eigenvalue weighted by atomic mass is 127. The summed E-state index contributed by atoms with van der Waals surface area (Å²) in [6.07, 6.45) is 1.38. The van der Waals surface area contributed by atoms with E-state index < -0.39 is 11.7 Å². The number of hydrogen-bond donors (Lipinski definition) is 1. The normalized spacial score (nSPS) is 10.9. The van der Waals surface area contributed by atoms with Gasteiger partial charge in [0.2, 0.25) is 0 Å². The van der Waals surface area contributed by atoms with E-state index in [1.807, 2.05) is 28.7 Å². The molecule has 0 aliphatic carbocycles. The zero-order chi connectivity index (χ0) is 23.8. The summed E-state index contributed by atoms with van der Waals surface area (Å²) in [4.78, 5) is 12.5. The lowest BCUT2D eigenvalue weighted by Gasteiger charge is -2.15. The van der Waals surface area contributed by atoms with Crippen LogP contribution >= 0.6 is 22.6 Å². The Bertz CT molecular complexity index is 1240. The standard InChI is InChI=1S/C25H19F2IN2O3/c1-2-32-23-13-16(11-18(14-29)25(31)30-22-10-6-5-9-20(22)27)12-21(28)24(23)33-15-17-7-3-4-8-19(17)26/h3-13H,2,15H2,1H3,(H,30,31)/b18-11-. The predicted molar refractivity (Wildman–Crippen MR) is 130 cm³/mol. The average molecular weight is 560 g/mol. The number of nitrogens with zero attached hydrogens (tertiary/aromatic N) is 1. The summed E-state index contributed by atoms with van der Waals surface area (Å²) >= 11 is 2.04. The lowest BCUT2D eigenvalue weighted by molar-refractivity contribution is -0.112. The maximum absolute atomic E-state index is 13.9. The van der Waals surface area contributed by atoms with Crippen LogP contribution in [0.3, 0.4) is 0 Å². The van der Waals surface area contributed by atoms with Crippen LogP contribution in [0.4, 0.5) is 14.5 Å². The Hall–Kier alpha value is -3.45. The molecule has 0 spiro atoms. The molecule has 0 radical (unpaired) electrons. The second-order valence-electron chi connectivity index (χ2n) is 6.75. The third-order valence-corrected chi connectivity index (χ3v) is 5.26. The van der Waals surface area contributed by atoms with Crippen LogP contribution < -0.4 is 14.8 Å². The van der Waals surface area contributed by atoms with Crippen LogP contribution in [-0.4, -0.2) is 12.5 Å². The van der Waals surface area contributed by atoms with Gasteiger partial charge in [0.15, 0.2) is 11.5 Å². The summed E-state index contributed by atoms with van der Waals surface area (Å²) in [7, 11) is 0. The third kappa shape index (κ3) is 6.29. The summed E-state index contributed by atoms with van der Waals surface area (Å²) in [5.41, 5.74) is 0.680. The first kappa shape index (κ1) is 24.2. The summed E-state index contributed by atoms with van der Waals surface area (Å²) in [5, 5.41) is 11.9. The van der Waals surface area contributed by atoms with E-state index in [4.69, 9.17) is 9.47 Å². The monoisotopic (exact) mass is 560 g/mol. The van der Waals surface area contributed by atoms with E-state index in [0.717, 1.165) is 0 Å². The molecule has 5 nitrogen and oxygen atoms in total. The van der Waals surface area contributed by atoms with Crippen LogP contribution in [0.15, 0.2) is 66.2 Å². The van der Waals surface area contributed by atoms with Gasteiger partial charge in [0.1, 0.15) is 29.9 Å². The van der Waals surface area contributed by atoms with Crippen LogP contribution in [0, 0.1) is 26.5 Å². The number of nitriles is 1. The number of halogens is 3. The first-order valence-electron chi connectivity index (χ1n) is 9.93. The Morgan fingerprint density at radius 3 is 2.45 bits per heavy atom. The molecule has 0 aliphatic heterocycles. The SMILES string of the molecule is CCOc1cc(/C=C(/C#N)C(=O)Nc2ccccc2F)cc(I)c1OCc1ccccc1F. The molecule has 0 aliphatic rings. The number of benzene rings is 3. The molecule has 0 atom stereocenters. The number of nitrogens with one attached hydrogen (secondary N) is 1. The van der Waals surface area contributed by atoms with Crippen LogP contribution in [0.5, 0.6) is 11.5 Å². The van der Waals surface area contributed by atoms with Gasteiger partial charge in [-0.3, -0.25) is 4.79 Å². The van der Waals surface area contributed by atoms with Crippen molar-refractivity contribution < 1.29 is 23.0 Å². The Morgan fingerprint density at radius 2 is 1.79 bits per heavy atom. The minimum Gasteiger partial charge on any atom is -0.490 e. The second kappa shape index (κ2) is 11.4. The number of hydrogen-bond acceptors (Lipinski definition) is 4. The van der Waals surface area contributed by atoms with E-state index in [1.165, 1.54) is 30.3 Å². The number of carbonyl (C=O) groups excluding carboxylic acids is 1. The summed E-state index contributed by atoms with van der Waals surface area (Å²) < 4.78 is 39.9. The van der Waals surface area contributed by atoms with Crippen molar-refractivity contribution in [2.24, 2.45) is 0 Å². The number of rotatable bonds is 8. The minimum atomic E-state index is -0.740. The number of para-hydroxylation sites is 1. The summed E-state index contributed by atoms with van der Waals surface area (Å²) in [6.45, 7) is 2.16. The van der Waals surface area contributed by atoms with Crippen molar-refractivity contribution in [2.75, 3.05) is 11.9 Å². The number of ether oxygens (including phenoxy) is 2. The van der Waals surface area contributed by atoms with Crippen molar-refractivity contribution >= 4 is 40.3 Å². The molecule has 3 aromatic rings. The molecule has 0 saturated carbocycles. The van der Waals surface area contributed by atoms with Crippen molar-refractivity contribution in [1.82, 2.24) is 0 Å². The fourth-order valence-electron chi connectivity index (χ4n) is 2.91. The van der Waals surface area contributed by atoms with Gasteiger partial charge in [-0.25, -0.2) is 8.78 Å². The molecule has 33 heavy (non-hydrogen) atoms. The molecule has 0 fully saturated rings. The first-order valence-corrected chi connectivity index (χ1v) is 11.0. The Kier molecular flexibility index (Phi) is 8.38. The van der Waals surface area contributed by atoms with E-state index in [2.05, 4.69) is 5.32 Å². The quantitative estimate of drug-likeness (QED) is 0.206. The highest BCUT2D eigenvalue weighted by molar-refractivity contribution is 14.1. The van der Waals surface area contributed by atoms with Crippen molar-refractivity contribution in [3.05, 3.63) is 92.6 Å². The number of anilines is 1. The van der Waals surface area contributed by atoms with E-state index in [1.54, 1.807) is 43.3 Å². The zero-order valence-electron chi connectivity index (χ0n) is 17.6. The van der Waals surface area contributed by atoms with Crippen LogP contribution in [0.2, 0.25) is 0 Å². The van der Waals surface area contributed by atoms with Crippen LogP contribution in [0.25, 0.3) is 6.08 Å². The van der Waals surface area contributed by atoms with E-state index >= 15 is 0 Å². The van der Waals surface area contributed by atoms with Gasteiger partial charge < -0.3 is 14.8 Å². The molecular formula is C25H19F2IN2O3. The van der Waals surface area contributed by atoms with Gasteiger partial charge in [-0.1, -0.05) is 30.3 Å². The van der Waals surface area contributed by atoms with Gasteiger partial charge in [0.25, 0.3) is 5.91 Å². The van der Waals surface area contributed by atoms with Crippen LogP contribution in [0.1, 0.15) is 18.1 Å². The summed E-state index contributed by atoms with van der Waals surface area (Å²) in [6, 6.07) is 17.2. The Labute approximate surface area is 203 Å². The van der Waals surface area contributed by atoms with Crippen molar-refractivity contribution in [3.63, 3.8) is 0 Å². The van der Waals surface area contributed by atoms with Gasteiger partial charge in [-0.2, -0.15) is 5.26 Å². The van der Waals surface area contributed by atoms with Gasteiger partial charge in [-0.15, -0.1) is 0 Å². The van der Waals surface area contributed by atoms with Gasteiger partial charge in [-0.05, 0) is 71.5 Å². The van der Waals surface area contributed by atoms with Gasteiger partial charge in [0, 0.05) is 5.56 Å². The highest BCUT2D eigenvalue weighted by Gasteiger charge is 2.16. The third-order valence-electron chi connectivity index (χ3n) is 4.46. The molecular weight excluding hydrogens is 541 g/mol. The fraction of sp³-hybridized carbons (Fsp3) is 0.120. The maximum Gasteiger partial charge on any atom is 0.266 e. The molecule has 0 heterocycles. The van der Waals surface area contributed by atoms with Crippen LogP contribution in [-0.2, 0) is 11.4 Å². The minimum absolute atomic E-state index is 0.00638. The molecule has 3 rings (SSSR count). The molecule has 0 unspecified atom stereocenters. The second-order valence-corrected chi connectivity index (χ2v) is 7.91. The zero-order valence-corrected chi connectivity index (χ0v) is 19.7. The van der Waals surface area contributed by atoms with Crippen molar-refractivity contribution in [3.8, 4) is 17.6 Å². The average Bonchev–Trinajstić information content (AvgIpc) is 2.79. The lowest BCUT2D eigenvalue weighted by atomic mass is 10.1. The molecule has 168 valence electrons. The smallest absolute Gasteiger partial charge is 0.266 e. The molecule has 0 saturated heterocycles. The predicted octanol–water partition coefficient (Wildman–Crippen LogP) is 6.09. The van der Waals surface area contributed by atoms with Crippen molar-refractivity contribution in [1.29, 1.82) is 5.26 Å². The lowest BCUT2D eigenvalue weighted by Crippen LogP contribution is -2.14. The van der Waals surface area contributed by atoms with E-state index in [-0.39, 0.29) is 23.7 Å². The maximum atomic E-state index is 13.9. The Morgan fingerprint density at radius 1 is 1.09 bits per heavy atom. The molecule has 1 amide bonds. The Balaban J connectivity index is 1.87. The summed E-state index contributed by atoms with van der Waals surface area (Å²) in [5.74, 6) is -0.904. The molecule has 8 heteroatoms. The molecule has 0 bridgehead atoms. The number of carbonyl (C=O) groups is 1.